The first kappa shape index (κ1) is 15.1. The van der Waals surface area contributed by atoms with Crippen LogP contribution in [0.2, 0.25) is 0 Å². The lowest BCUT2D eigenvalue weighted by atomic mass is 10.2. The highest BCUT2D eigenvalue weighted by atomic mass is 32.2. The van der Waals surface area contributed by atoms with Gasteiger partial charge in [-0.1, -0.05) is 12.1 Å². The van der Waals surface area contributed by atoms with Crippen LogP contribution in [0, 0.1) is 13.8 Å². The summed E-state index contributed by atoms with van der Waals surface area (Å²) in [7, 11) is 0.125. The molecule has 0 unspecified atom stereocenters. The van der Waals surface area contributed by atoms with Gasteiger partial charge in [-0.3, -0.25) is 0 Å². The molecule has 0 aliphatic carbocycles. The van der Waals surface area contributed by atoms with Gasteiger partial charge in [-0.05, 0) is 51.1 Å². The lowest BCUT2D eigenvalue weighted by Crippen LogP contribution is -2.30. The van der Waals surface area contributed by atoms with E-state index in [1.165, 1.54) is 4.31 Å². The lowest BCUT2D eigenvalue weighted by Gasteiger charge is -2.18. The zero-order valence-corrected chi connectivity index (χ0v) is 12.3. The summed E-state index contributed by atoms with van der Waals surface area (Å²) in [5, 5.41) is 3.01. The van der Waals surface area contributed by atoms with Gasteiger partial charge in [-0.25, -0.2) is 12.7 Å². The first-order chi connectivity index (χ1) is 8.39. The molecule has 0 aliphatic heterocycles. The van der Waals surface area contributed by atoms with Crippen LogP contribution in [0.3, 0.4) is 0 Å². The molecule has 0 amide bonds. The SMILES string of the molecule is CNCCCN(C)S(=O)(=O)c1cc(C)ccc1C. The molecular weight excluding hydrogens is 248 g/mol. The maximum Gasteiger partial charge on any atom is 0.243 e. The predicted octanol–water partition coefficient (Wildman–Crippen LogP) is 1.53. The Hall–Kier alpha value is -0.910. The zero-order chi connectivity index (χ0) is 13.8. The van der Waals surface area contributed by atoms with Crippen LogP contribution in [-0.2, 0) is 10.0 Å². The first-order valence-corrected chi connectivity index (χ1v) is 7.52. The number of nitrogens with zero attached hydrogens (tertiary/aromatic N) is 1. The second-order valence-electron chi connectivity index (χ2n) is 4.55. The molecule has 0 saturated heterocycles. The maximum absolute atomic E-state index is 12.4. The van der Waals surface area contributed by atoms with Crippen molar-refractivity contribution in [2.75, 3.05) is 27.2 Å². The molecule has 102 valence electrons. The number of aryl methyl sites for hydroxylation is 2. The van der Waals surface area contributed by atoms with Crippen molar-refractivity contribution in [3.8, 4) is 0 Å². The zero-order valence-electron chi connectivity index (χ0n) is 11.5. The highest BCUT2D eigenvalue weighted by Crippen LogP contribution is 2.20. The minimum absolute atomic E-state index is 0.412. The van der Waals surface area contributed by atoms with Crippen LogP contribution in [0.15, 0.2) is 23.1 Å². The Balaban J connectivity index is 2.95. The summed E-state index contributed by atoms with van der Waals surface area (Å²) >= 11 is 0. The standard InChI is InChI=1S/C13H22N2O2S/c1-11-6-7-12(2)13(10-11)18(16,17)15(4)9-5-8-14-3/h6-7,10,14H,5,8-9H2,1-4H3. The number of benzene rings is 1. The molecule has 5 heteroatoms. The Morgan fingerprint density at radius 3 is 2.56 bits per heavy atom. The summed E-state index contributed by atoms with van der Waals surface area (Å²) in [5.74, 6) is 0. The molecule has 0 saturated carbocycles. The van der Waals surface area contributed by atoms with Crippen molar-refractivity contribution in [3.63, 3.8) is 0 Å². The van der Waals surface area contributed by atoms with E-state index in [4.69, 9.17) is 0 Å². The summed E-state index contributed by atoms with van der Waals surface area (Å²) in [5.41, 5.74) is 1.75. The van der Waals surface area contributed by atoms with E-state index in [1.54, 1.807) is 13.1 Å². The van der Waals surface area contributed by atoms with Crippen LogP contribution in [0.1, 0.15) is 17.5 Å². The van der Waals surface area contributed by atoms with Gasteiger partial charge in [0.2, 0.25) is 10.0 Å². The molecule has 1 aromatic rings. The maximum atomic E-state index is 12.4. The van der Waals surface area contributed by atoms with Crippen molar-refractivity contribution in [1.82, 2.24) is 9.62 Å². The van der Waals surface area contributed by atoms with Gasteiger partial charge in [0.1, 0.15) is 0 Å². The largest absolute Gasteiger partial charge is 0.320 e. The van der Waals surface area contributed by atoms with Gasteiger partial charge < -0.3 is 5.32 Å². The summed E-state index contributed by atoms with van der Waals surface area (Å²) < 4.78 is 26.2. The first-order valence-electron chi connectivity index (χ1n) is 6.08. The number of sulfonamides is 1. The van der Waals surface area contributed by atoms with Crippen molar-refractivity contribution in [2.45, 2.75) is 25.2 Å². The van der Waals surface area contributed by atoms with Gasteiger partial charge in [0.15, 0.2) is 0 Å². The van der Waals surface area contributed by atoms with Crippen molar-refractivity contribution < 1.29 is 8.42 Å². The van der Waals surface area contributed by atoms with Crippen LogP contribution >= 0.6 is 0 Å². The molecule has 0 spiro atoms. The van der Waals surface area contributed by atoms with Gasteiger partial charge in [0.05, 0.1) is 4.90 Å². The fraction of sp³-hybridized carbons (Fsp3) is 0.538. The van der Waals surface area contributed by atoms with E-state index in [9.17, 15) is 8.42 Å². The fourth-order valence-electron chi connectivity index (χ4n) is 1.75. The highest BCUT2D eigenvalue weighted by molar-refractivity contribution is 7.89. The molecule has 1 N–H and O–H groups in total. The van der Waals surface area contributed by atoms with Gasteiger partial charge in [0.25, 0.3) is 0 Å². The Morgan fingerprint density at radius 1 is 1.28 bits per heavy atom. The summed E-state index contributed by atoms with van der Waals surface area (Å²) in [6.45, 7) is 5.07. The Morgan fingerprint density at radius 2 is 1.94 bits per heavy atom. The molecule has 0 heterocycles. The third-order valence-corrected chi connectivity index (χ3v) is 4.93. The van der Waals surface area contributed by atoms with Crippen molar-refractivity contribution in [1.29, 1.82) is 0 Å². The minimum Gasteiger partial charge on any atom is -0.320 e. The van der Waals surface area contributed by atoms with E-state index in [2.05, 4.69) is 5.32 Å². The van der Waals surface area contributed by atoms with E-state index < -0.39 is 10.0 Å². The average molecular weight is 270 g/mol. The molecule has 0 fully saturated rings. The summed E-state index contributed by atoms with van der Waals surface area (Å²) in [4.78, 5) is 0.412. The second kappa shape index (κ2) is 6.31. The smallest absolute Gasteiger partial charge is 0.243 e. The van der Waals surface area contributed by atoms with E-state index in [-0.39, 0.29) is 0 Å². The Kier molecular flexibility index (Phi) is 5.31. The van der Waals surface area contributed by atoms with E-state index in [0.29, 0.717) is 11.4 Å². The lowest BCUT2D eigenvalue weighted by molar-refractivity contribution is 0.457. The van der Waals surface area contributed by atoms with Gasteiger partial charge in [0, 0.05) is 13.6 Å². The molecular formula is C13H22N2O2S. The van der Waals surface area contributed by atoms with Gasteiger partial charge in [-0.2, -0.15) is 0 Å². The number of rotatable bonds is 6. The van der Waals surface area contributed by atoms with Crippen molar-refractivity contribution in [3.05, 3.63) is 29.3 Å². The van der Waals surface area contributed by atoms with Gasteiger partial charge >= 0.3 is 0 Å². The van der Waals surface area contributed by atoms with Crippen molar-refractivity contribution >= 4 is 10.0 Å². The molecule has 0 radical (unpaired) electrons. The van der Waals surface area contributed by atoms with Gasteiger partial charge in [-0.15, -0.1) is 0 Å². The Labute approximate surface area is 110 Å². The topological polar surface area (TPSA) is 49.4 Å². The minimum atomic E-state index is -3.37. The van der Waals surface area contributed by atoms with E-state index in [1.807, 2.05) is 33.0 Å². The molecule has 0 aromatic heterocycles. The second-order valence-corrected chi connectivity index (χ2v) is 6.57. The monoisotopic (exact) mass is 270 g/mol. The molecule has 0 aliphatic rings. The molecule has 1 aromatic carbocycles. The third-order valence-electron chi connectivity index (χ3n) is 2.93. The normalized spacial score (nSPS) is 12.1. The van der Waals surface area contributed by atoms with Crippen LogP contribution in [-0.4, -0.2) is 39.9 Å². The predicted molar refractivity (Wildman–Crippen MR) is 74.3 cm³/mol. The fourth-order valence-corrected chi connectivity index (χ4v) is 3.27. The molecule has 18 heavy (non-hydrogen) atoms. The van der Waals surface area contributed by atoms with Crippen LogP contribution in [0.5, 0.6) is 0 Å². The average Bonchev–Trinajstić information content (AvgIpc) is 2.32. The van der Waals surface area contributed by atoms with Crippen LogP contribution < -0.4 is 5.32 Å². The Bertz CT molecular complexity index is 498. The number of hydrogen-bond acceptors (Lipinski definition) is 3. The van der Waals surface area contributed by atoms with Crippen LogP contribution in [0.25, 0.3) is 0 Å². The highest BCUT2D eigenvalue weighted by Gasteiger charge is 2.22. The number of hydrogen-bond donors (Lipinski definition) is 1. The van der Waals surface area contributed by atoms with E-state index >= 15 is 0 Å². The third kappa shape index (κ3) is 3.54. The van der Waals surface area contributed by atoms with E-state index in [0.717, 1.165) is 24.1 Å². The quantitative estimate of drug-likeness (QED) is 0.798. The molecule has 0 bridgehead atoms. The summed E-state index contributed by atoms with van der Waals surface area (Å²) in [6, 6.07) is 5.51. The summed E-state index contributed by atoms with van der Waals surface area (Å²) in [6.07, 6.45) is 0.803. The molecule has 4 nitrogen and oxygen atoms in total. The van der Waals surface area contributed by atoms with Crippen molar-refractivity contribution in [2.24, 2.45) is 0 Å². The number of nitrogens with one attached hydrogen (secondary N) is 1. The molecule has 1 rings (SSSR count). The van der Waals surface area contributed by atoms with Crippen LogP contribution in [0.4, 0.5) is 0 Å². The molecule has 0 atom stereocenters.